The number of rotatable bonds is 6. The average molecular weight is 736 g/mol. The van der Waals surface area contributed by atoms with E-state index in [1.165, 1.54) is 55.7 Å². The molecule has 6 rings (SSSR count). The number of fused-ring (bicyclic) bond motifs is 2. The van der Waals surface area contributed by atoms with Crippen LogP contribution in [0.25, 0.3) is 12.2 Å². The summed E-state index contributed by atoms with van der Waals surface area (Å²) >= 11 is -6.63. The van der Waals surface area contributed by atoms with Crippen molar-refractivity contribution in [2.75, 3.05) is 0 Å². The molecule has 0 amide bonds. The van der Waals surface area contributed by atoms with Gasteiger partial charge in [0.2, 0.25) is 0 Å². The first-order chi connectivity index (χ1) is 22.0. The van der Waals surface area contributed by atoms with Gasteiger partial charge in [-0.2, -0.15) is 0 Å². The van der Waals surface area contributed by atoms with Gasteiger partial charge in [-0.25, -0.2) is 0 Å². The Labute approximate surface area is 286 Å². The van der Waals surface area contributed by atoms with Crippen LogP contribution >= 0.6 is 0 Å². The molecule has 0 saturated heterocycles. The van der Waals surface area contributed by atoms with E-state index in [0.29, 0.717) is 0 Å². The summed E-state index contributed by atoms with van der Waals surface area (Å²) in [6.07, 6.45) is 4.78. The Morgan fingerprint density at radius 1 is 0.542 bits per heavy atom. The van der Waals surface area contributed by atoms with Crippen molar-refractivity contribution in [1.29, 1.82) is 0 Å². The van der Waals surface area contributed by atoms with Crippen molar-refractivity contribution in [2.45, 2.75) is 96.6 Å². The summed E-state index contributed by atoms with van der Waals surface area (Å²) in [5, 5.41) is 0. The second-order valence-corrected chi connectivity index (χ2v) is 62.3. The first-order valence-corrected chi connectivity index (χ1v) is 33.4. The molecular formula is C44H56O2SiZr. The Kier molecular flexibility index (Phi) is 7.32. The Hall–Kier alpha value is -2.94. The van der Waals surface area contributed by atoms with Gasteiger partial charge in [0.05, 0.1) is 0 Å². The first-order valence-electron chi connectivity index (χ1n) is 17.7. The van der Waals surface area contributed by atoms with E-state index in [0.717, 1.165) is 11.5 Å². The second-order valence-electron chi connectivity index (χ2n) is 19.2. The molecule has 0 aliphatic heterocycles. The molecule has 0 fully saturated rings. The van der Waals surface area contributed by atoms with Crippen LogP contribution in [-0.4, -0.2) is 6.88 Å². The number of aryl methyl sites for hydroxylation is 2. The van der Waals surface area contributed by atoms with Gasteiger partial charge in [-0.15, -0.1) is 0 Å². The molecule has 4 aromatic rings. The summed E-state index contributed by atoms with van der Waals surface area (Å²) in [7, 11) is 0. The standard InChI is InChI=1S/2C11H16O.2C10H9.2CH3.H2Si.Zr/c2*1-8-5-6-10(12)9(7-8)11(2,3)4;2*1-8-6-9-4-2-3-5-10(9)7-8;;;;/h2*5-7,12H,1-4H3;2*2-7H,1H3;2*1H3;1H2;/q;;;;;;;+2/p-2. The third-order valence-corrected chi connectivity index (χ3v) is 38.9. The number of hydrogen-bond acceptors (Lipinski definition) is 2. The van der Waals surface area contributed by atoms with Crippen LogP contribution in [0, 0.1) is 13.8 Å². The molecule has 4 aromatic carbocycles. The van der Waals surface area contributed by atoms with Gasteiger partial charge in [0.1, 0.15) is 0 Å². The topological polar surface area (TPSA) is 18.5 Å². The van der Waals surface area contributed by atoms with Crippen LogP contribution in [0.5, 0.6) is 11.5 Å². The van der Waals surface area contributed by atoms with E-state index >= 15 is 0 Å². The third-order valence-electron chi connectivity index (χ3n) is 11.6. The van der Waals surface area contributed by atoms with Gasteiger partial charge in [0, 0.05) is 0 Å². The summed E-state index contributed by atoms with van der Waals surface area (Å²) in [6, 6.07) is 31.4. The molecule has 0 aromatic heterocycles. The van der Waals surface area contributed by atoms with Gasteiger partial charge in [-0.05, 0) is 0 Å². The molecule has 0 spiro atoms. The molecule has 0 radical (unpaired) electrons. The van der Waals surface area contributed by atoms with E-state index in [4.69, 9.17) is 5.63 Å². The van der Waals surface area contributed by atoms with Crippen LogP contribution in [0.4, 0.5) is 0 Å². The van der Waals surface area contributed by atoms with Crippen molar-refractivity contribution in [3.63, 3.8) is 0 Å². The van der Waals surface area contributed by atoms with E-state index < -0.39 is 15.3 Å². The molecular weight excluding hydrogens is 680 g/mol. The predicted molar refractivity (Wildman–Crippen MR) is 207 cm³/mol. The number of allylic oxidation sites excluding steroid dienone is 2. The van der Waals surface area contributed by atoms with Gasteiger partial charge in [0.15, 0.2) is 0 Å². The van der Waals surface area contributed by atoms with Crippen LogP contribution in [-0.2, 0) is 26.1 Å². The summed E-state index contributed by atoms with van der Waals surface area (Å²) < 4.78 is 21.8. The molecule has 2 atom stereocenters. The maximum absolute atomic E-state index is 8.50. The first kappa shape index (κ1) is 34.9. The fourth-order valence-electron chi connectivity index (χ4n) is 10.1. The monoisotopic (exact) mass is 734 g/mol. The van der Waals surface area contributed by atoms with Crippen LogP contribution in [0.3, 0.4) is 0 Å². The third kappa shape index (κ3) is 5.20. The van der Waals surface area contributed by atoms with E-state index in [2.05, 4.69) is 182 Å². The zero-order valence-electron chi connectivity index (χ0n) is 31.4. The molecule has 252 valence electrons. The van der Waals surface area contributed by atoms with Crippen LogP contribution in [0.15, 0.2) is 96.1 Å². The number of benzene rings is 4. The Morgan fingerprint density at radius 3 is 1.25 bits per heavy atom. The Balaban J connectivity index is 1.87. The van der Waals surface area contributed by atoms with E-state index in [1.807, 2.05) is 0 Å². The molecule has 0 heterocycles. The van der Waals surface area contributed by atoms with Crippen molar-refractivity contribution in [2.24, 2.45) is 0 Å². The molecule has 2 aliphatic carbocycles. The fourth-order valence-corrected chi connectivity index (χ4v) is 43.1. The number of hydrogen-bond donors (Lipinski definition) is 0. The Morgan fingerprint density at radius 2 is 0.896 bits per heavy atom. The summed E-state index contributed by atoms with van der Waals surface area (Å²) in [4.78, 5) is 0. The van der Waals surface area contributed by atoms with Crippen LogP contribution < -0.4 is 5.63 Å². The van der Waals surface area contributed by atoms with Crippen LogP contribution in [0.1, 0.15) is 107 Å². The summed E-state index contributed by atoms with van der Waals surface area (Å²) in [5.74, 6) is 1.85. The van der Waals surface area contributed by atoms with Crippen molar-refractivity contribution in [3.8, 4) is 11.5 Å². The minimum absolute atomic E-state index is 0.112. The Bertz CT molecular complexity index is 2040. The quantitative estimate of drug-likeness (QED) is 0.184. The van der Waals surface area contributed by atoms with Gasteiger partial charge in [-0.1, -0.05) is 0 Å². The van der Waals surface area contributed by atoms with Crippen molar-refractivity contribution >= 4 is 19.0 Å². The van der Waals surface area contributed by atoms with Crippen molar-refractivity contribution in [3.05, 3.63) is 141 Å². The molecule has 2 unspecified atom stereocenters. The average Bonchev–Trinajstić information content (AvgIpc) is 3.51. The van der Waals surface area contributed by atoms with Crippen LogP contribution in [0.2, 0.25) is 9.26 Å². The maximum atomic E-state index is 8.50. The summed E-state index contributed by atoms with van der Waals surface area (Å²) in [6.45, 7) is 24.9. The molecule has 2 nitrogen and oxygen atoms in total. The van der Waals surface area contributed by atoms with E-state index in [9.17, 15) is 0 Å². The fraction of sp³-hybridized carbons (Fsp3) is 0.364. The van der Waals surface area contributed by atoms with E-state index in [1.54, 1.807) is 0 Å². The molecule has 2 aliphatic rings. The minimum atomic E-state index is -6.63. The molecule has 48 heavy (non-hydrogen) atoms. The molecule has 0 saturated carbocycles. The zero-order chi connectivity index (χ0) is 35.2. The van der Waals surface area contributed by atoms with Crippen molar-refractivity contribution in [1.82, 2.24) is 0 Å². The molecule has 4 heteroatoms. The van der Waals surface area contributed by atoms with E-state index in [-0.39, 0.29) is 18.1 Å². The van der Waals surface area contributed by atoms with Gasteiger partial charge in [0.25, 0.3) is 0 Å². The normalized spacial score (nSPS) is 20.0. The zero-order valence-corrected chi connectivity index (χ0v) is 35.3. The molecule has 0 N–H and O–H groups in total. The van der Waals surface area contributed by atoms with Crippen molar-refractivity contribution < 1.29 is 20.9 Å². The second kappa shape index (κ2) is 10.1. The van der Waals surface area contributed by atoms with Gasteiger partial charge in [-0.3, -0.25) is 0 Å². The van der Waals surface area contributed by atoms with Gasteiger partial charge >= 0.3 is 289 Å². The van der Waals surface area contributed by atoms with Gasteiger partial charge < -0.3 is 0 Å². The predicted octanol–water partition coefficient (Wildman–Crippen LogP) is 11.9. The molecule has 0 bridgehead atoms. The SMILES string of the molecule is CC1=Cc2ccccc2[CH]1[Zr]([CH3])([CH3])(=[SiH2])([O]c1ccc(C)cc1C(C)(C)C)([O]c1ccc(C)cc1C(C)(C)C)[CH]1C(C)=Cc2ccccc21. The summed E-state index contributed by atoms with van der Waals surface area (Å²) in [5.41, 5.74) is 12.3.